The topological polar surface area (TPSA) is 41.9 Å². The minimum Gasteiger partial charge on any atom is -0.390 e. The maximum atomic E-state index is 12.5. The van der Waals surface area contributed by atoms with E-state index in [2.05, 4.69) is 31.1 Å². The van der Waals surface area contributed by atoms with Gasteiger partial charge < -0.3 is 9.74 Å². The summed E-state index contributed by atoms with van der Waals surface area (Å²) >= 11 is 0. The Labute approximate surface area is 138 Å². The first-order valence-electron chi connectivity index (χ1n) is 8.76. The molecule has 1 aromatic carbocycles. The Bertz CT molecular complexity index is 593. The van der Waals surface area contributed by atoms with Crippen LogP contribution in [0.3, 0.4) is 0 Å². The fraction of sp³-hybridized carbons (Fsp3) is 0.579. The minimum absolute atomic E-state index is 0.0137. The molecule has 1 aliphatic carbocycles. The summed E-state index contributed by atoms with van der Waals surface area (Å²) in [5, 5.41) is 4.28. The molecule has 1 atom stereocenters. The Morgan fingerprint density at radius 2 is 2.13 bits per heavy atom. The lowest BCUT2D eigenvalue weighted by molar-refractivity contribution is -0.140. The first kappa shape index (κ1) is 16.0. The van der Waals surface area contributed by atoms with Crippen molar-refractivity contribution in [2.45, 2.75) is 52.1 Å². The van der Waals surface area contributed by atoms with Crippen LogP contribution in [0.2, 0.25) is 0 Å². The van der Waals surface area contributed by atoms with Gasteiger partial charge in [-0.05, 0) is 31.7 Å². The fourth-order valence-electron chi connectivity index (χ4n) is 3.30. The van der Waals surface area contributed by atoms with Crippen LogP contribution in [0.4, 0.5) is 0 Å². The zero-order valence-electron chi connectivity index (χ0n) is 14.1. The lowest BCUT2D eigenvalue weighted by Crippen LogP contribution is -2.43. The van der Waals surface area contributed by atoms with E-state index in [9.17, 15) is 4.79 Å². The molecule has 124 valence electrons. The number of amides is 1. The van der Waals surface area contributed by atoms with Gasteiger partial charge in [-0.1, -0.05) is 42.8 Å². The highest BCUT2D eigenvalue weighted by atomic mass is 16.6. The van der Waals surface area contributed by atoms with Crippen LogP contribution in [0.5, 0.6) is 0 Å². The van der Waals surface area contributed by atoms with E-state index in [1.165, 1.54) is 12.0 Å². The van der Waals surface area contributed by atoms with Crippen molar-refractivity contribution in [2.24, 2.45) is 11.1 Å². The number of hydrogen-bond acceptors (Lipinski definition) is 3. The van der Waals surface area contributed by atoms with Crippen LogP contribution in [-0.2, 0) is 9.63 Å². The number of carbonyl (C=O) groups excluding carboxylic acids is 1. The minimum atomic E-state index is -0.0137. The second kappa shape index (κ2) is 7.16. The number of benzene rings is 1. The van der Waals surface area contributed by atoms with Gasteiger partial charge in [0.05, 0.1) is 12.3 Å². The summed E-state index contributed by atoms with van der Waals surface area (Å²) in [5.74, 6) is 0.561. The Kier molecular flexibility index (Phi) is 4.99. The molecule has 0 N–H and O–H groups in total. The molecular formula is C19H26N2O2. The monoisotopic (exact) mass is 314 g/mol. The van der Waals surface area contributed by atoms with Gasteiger partial charge >= 0.3 is 0 Å². The summed E-state index contributed by atoms with van der Waals surface area (Å²) in [6, 6.07) is 8.24. The van der Waals surface area contributed by atoms with E-state index < -0.39 is 0 Å². The Morgan fingerprint density at radius 1 is 1.35 bits per heavy atom. The molecule has 0 aromatic heterocycles. The third-order valence-electron chi connectivity index (χ3n) is 4.87. The van der Waals surface area contributed by atoms with Gasteiger partial charge in [-0.15, -0.1) is 0 Å². The van der Waals surface area contributed by atoms with E-state index in [0.717, 1.165) is 43.5 Å². The van der Waals surface area contributed by atoms with Crippen LogP contribution < -0.4 is 0 Å². The number of carbonyl (C=O) groups is 1. The standard InChI is InChI=1S/C19H26N2O2/c1-3-11-21(19(22)15-8-6-9-15)13-16-12-18(20-23-16)17-10-5-4-7-14(17)2/h4-5,7,10,15-16H,3,6,8-9,11-13H2,1-2H3. The van der Waals surface area contributed by atoms with Gasteiger partial charge in [0.25, 0.3) is 0 Å². The second-order valence-corrected chi connectivity index (χ2v) is 6.70. The van der Waals surface area contributed by atoms with Gasteiger partial charge in [0.2, 0.25) is 5.91 Å². The Balaban J connectivity index is 1.60. The molecule has 1 aliphatic heterocycles. The molecule has 1 amide bonds. The Hall–Kier alpha value is -1.84. The maximum Gasteiger partial charge on any atom is 0.225 e. The number of aryl methyl sites for hydroxylation is 1. The molecule has 0 spiro atoms. The quantitative estimate of drug-likeness (QED) is 0.806. The van der Waals surface area contributed by atoms with Crippen LogP contribution in [0.25, 0.3) is 0 Å². The molecule has 3 rings (SSSR count). The SMILES string of the molecule is CCCN(CC1CC(c2ccccc2C)=NO1)C(=O)C1CCC1. The predicted octanol–water partition coefficient (Wildman–Crippen LogP) is 3.53. The summed E-state index contributed by atoms with van der Waals surface area (Å²) in [6.07, 6.45) is 5.04. The molecule has 1 fully saturated rings. The van der Waals surface area contributed by atoms with Crippen LogP contribution in [0.15, 0.2) is 29.4 Å². The van der Waals surface area contributed by atoms with Crippen molar-refractivity contribution in [1.29, 1.82) is 0 Å². The van der Waals surface area contributed by atoms with Crippen molar-refractivity contribution in [2.75, 3.05) is 13.1 Å². The molecule has 4 nitrogen and oxygen atoms in total. The van der Waals surface area contributed by atoms with Crippen molar-refractivity contribution in [3.8, 4) is 0 Å². The molecule has 2 aliphatic rings. The smallest absolute Gasteiger partial charge is 0.225 e. The molecule has 0 bridgehead atoms. The Morgan fingerprint density at radius 3 is 2.78 bits per heavy atom. The lowest BCUT2D eigenvalue weighted by atomic mass is 9.84. The summed E-state index contributed by atoms with van der Waals surface area (Å²) in [7, 11) is 0. The van der Waals surface area contributed by atoms with Crippen molar-refractivity contribution >= 4 is 11.6 Å². The van der Waals surface area contributed by atoms with Crippen molar-refractivity contribution < 1.29 is 9.63 Å². The first-order chi connectivity index (χ1) is 11.2. The zero-order chi connectivity index (χ0) is 16.2. The molecule has 4 heteroatoms. The van der Waals surface area contributed by atoms with E-state index in [-0.39, 0.29) is 12.0 Å². The highest BCUT2D eigenvalue weighted by Crippen LogP contribution is 2.29. The molecule has 23 heavy (non-hydrogen) atoms. The third-order valence-corrected chi connectivity index (χ3v) is 4.87. The maximum absolute atomic E-state index is 12.5. The van der Waals surface area contributed by atoms with Gasteiger partial charge in [-0.25, -0.2) is 0 Å². The van der Waals surface area contributed by atoms with Gasteiger partial charge in [-0.2, -0.15) is 0 Å². The average Bonchev–Trinajstić information content (AvgIpc) is 2.94. The fourth-order valence-corrected chi connectivity index (χ4v) is 3.30. The highest BCUT2D eigenvalue weighted by molar-refractivity contribution is 6.02. The number of hydrogen-bond donors (Lipinski definition) is 0. The molecular weight excluding hydrogens is 288 g/mol. The molecule has 0 radical (unpaired) electrons. The van der Waals surface area contributed by atoms with Crippen LogP contribution in [0.1, 0.15) is 50.2 Å². The predicted molar refractivity (Wildman–Crippen MR) is 91.4 cm³/mol. The van der Waals surface area contributed by atoms with Crippen LogP contribution >= 0.6 is 0 Å². The van der Waals surface area contributed by atoms with Gasteiger partial charge in [-0.3, -0.25) is 4.79 Å². The van der Waals surface area contributed by atoms with Crippen LogP contribution in [-0.4, -0.2) is 35.7 Å². The van der Waals surface area contributed by atoms with Gasteiger partial charge in [0.15, 0.2) is 6.10 Å². The van der Waals surface area contributed by atoms with Crippen LogP contribution in [0, 0.1) is 12.8 Å². The molecule has 0 saturated heterocycles. The summed E-state index contributed by atoms with van der Waals surface area (Å²) in [4.78, 5) is 20.2. The van der Waals surface area contributed by atoms with Gasteiger partial charge in [0.1, 0.15) is 0 Å². The second-order valence-electron chi connectivity index (χ2n) is 6.70. The molecule has 1 unspecified atom stereocenters. The summed E-state index contributed by atoms with van der Waals surface area (Å²) in [6.45, 7) is 5.68. The van der Waals surface area contributed by atoms with E-state index in [0.29, 0.717) is 12.5 Å². The summed E-state index contributed by atoms with van der Waals surface area (Å²) in [5.41, 5.74) is 3.37. The van der Waals surface area contributed by atoms with E-state index in [1.807, 2.05) is 17.0 Å². The number of oxime groups is 1. The van der Waals surface area contributed by atoms with E-state index >= 15 is 0 Å². The van der Waals surface area contributed by atoms with E-state index in [4.69, 9.17) is 4.84 Å². The van der Waals surface area contributed by atoms with Gasteiger partial charge in [0, 0.05) is 24.4 Å². The average molecular weight is 314 g/mol. The number of nitrogens with zero attached hydrogens (tertiary/aromatic N) is 2. The summed E-state index contributed by atoms with van der Waals surface area (Å²) < 4.78 is 0. The number of rotatable bonds is 6. The lowest BCUT2D eigenvalue weighted by Gasteiger charge is -2.32. The molecule has 1 saturated carbocycles. The largest absolute Gasteiger partial charge is 0.390 e. The first-order valence-corrected chi connectivity index (χ1v) is 8.76. The zero-order valence-corrected chi connectivity index (χ0v) is 14.1. The van der Waals surface area contributed by atoms with E-state index in [1.54, 1.807) is 0 Å². The van der Waals surface area contributed by atoms with Crippen molar-refractivity contribution in [3.63, 3.8) is 0 Å². The normalized spacial score (nSPS) is 20.6. The highest BCUT2D eigenvalue weighted by Gasteiger charge is 2.32. The molecule has 1 aromatic rings. The third kappa shape index (κ3) is 3.57. The van der Waals surface area contributed by atoms with Crippen molar-refractivity contribution in [3.05, 3.63) is 35.4 Å². The van der Waals surface area contributed by atoms with Crippen molar-refractivity contribution in [1.82, 2.24) is 4.90 Å². The molecule has 1 heterocycles.